The topological polar surface area (TPSA) is 130 Å². The first-order valence-electron chi connectivity index (χ1n) is 10.0. The zero-order valence-corrected chi connectivity index (χ0v) is 21.6. The number of thiophene rings is 1. The molecule has 0 spiro atoms. The number of nitrogens with zero attached hydrogens (tertiary/aromatic N) is 1. The quantitative estimate of drug-likeness (QED) is 0.217. The van der Waals surface area contributed by atoms with E-state index < -0.39 is 51.5 Å². The second-order valence-electron chi connectivity index (χ2n) is 8.11. The van der Waals surface area contributed by atoms with Gasteiger partial charge in [0.05, 0.1) is 24.5 Å². The van der Waals surface area contributed by atoms with E-state index in [0.717, 1.165) is 16.2 Å². The minimum absolute atomic E-state index is 0.00884. The fourth-order valence-corrected chi connectivity index (χ4v) is 5.75. The van der Waals surface area contributed by atoms with Crippen molar-refractivity contribution in [1.29, 1.82) is 0 Å². The number of carboxylic acid groups (broad SMARTS) is 1. The summed E-state index contributed by atoms with van der Waals surface area (Å²) in [5.74, 6) is -2.97. The van der Waals surface area contributed by atoms with Gasteiger partial charge in [0.25, 0.3) is 0 Å². The highest BCUT2D eigenvalue weighted by molar-refractivity contribution is 8.16. The van der Waals surface area contributed by atoms with Gasteiger partial charge in [0.2, 0.25) is 11.0 Å². The highest BCUT2D eigenvalue weighted by Crippen LogP contribution is 2.43. The van der Waals surface area contributed by atoms with Crippen LogP contribution in [0.1, 0.15) is 44.3 Å². The molecule has 1 aromatic heterocycles. The van der Waals surface area contributed by atoms with Crippen molar-refractivity contribution in [1.82, 2.24) is 4.90 Å². The summed E-state index contributed by atoms with van der Waals surface area (Å²) in [5.41, 5.74) is -1.37. The number of hydrogen-bond donors (Lipinski definition) is 2. The van der Waals surface area contributed by atoms with E-state index in [-0.39, 0.29) is 15.7 Å². The maximum Gasteiger partial charge on any atom is 0.357 e. The van der Waals surface area contributed by atoms with Crippen LogP contribution in [-0.4, -0.2) is 62.4 Å². The number of aliphatic hydroxyl groups excluding tert-OH is 1. The van der Waals surface area contributed by atoms with E-state index in [1.807, 2.05) is 6.92 Å². The van der Waals surface area contributed by atoms with Crippen LogP contribution in [0.4, 0.5) is 0 Å². The second kappa shape index (κ2) is 10.9. The molecule has 0 radical (unpaired) electrons. The largest absolute Gasteiger partial charge is 0.476 e. The third-order valence-corrected chi connectivity index (χ3v) is 7.89. The number of esters is 1. The van der Waals surface area contributed by atoms with E-state index in [4.69, 9.17) is 9.47 Å². The number of aliphatic carboxylic acids is 1. The van der Waals surface area contributed by atoms with Gasteiger partial charge in [-0.15, -0.1) is 23.1 Å². The molecule has 1 saturated heterocycles. The van der Waals surface area contributed by atoms with Gasteiger partial charge in [-0.1, -0.05) is 27.7 Å². The molecule has 1 aliphatic rings. The van der Waals surface area contributed by atoms with Gasteiger partial charge in [-0.25, -0.2) is 9.59 Å². The molecule has 0 saturated carbocycles. The molecule has 0 aliphatic carbocycles. The SMILES string of the molecule is CCS[C@@H]1[C@@H]([C@@H](C)O)C(=O)N1C(C(=O)O)=C(Oc1ccsc1C(=O)OC)SC(=O)C(C)(C)C. The zero-order chi connectivity index (χ0) is 25.1. The number of aliphatic hydroxyl groups is 1. The minimum atomic E-state index is -1.48. The summed E-state index contributed by atoms with van der Waals surface area (Å²) in [4.78, 5) is 51.3. The van der Waals surface area contributed by atoms with Crippen LogP contribution in [0, 0.1) is 11.3 Å². The lowest BCUT2D eigenvalue weighted by atomic mass is 9.92. The van der Waals surface area contributed by atoms with E-state index in [0.29, 0.717) is 17.5 Å². The third-order valence-electron chi connectivity index (χ3n) is 4.58. The summed E-state index contributed by atoms with van der Waals surface area (Å²) in [5, 5.41) is 20.3. The maximum absolute atomic E-state index is 12.9. The third kappa shape index (κ3) is 5.92. The van der Waals surface area contributed by atoms with Crippen molar-refractivity contribution in [2.24, 2.45) is 11.3 Å². The number of amides is 1. The minimum Gasteiger partial charge on any atom is -0.476 e. The molecule has 12 heteroatoms. The predicted octanol–water partition coefficient (Wildman–Crippen LogP) is 3.39. The van der Waals surface area contributed by atoms with Crippen LogP contribution >= 0.6 is 34.9 Å². The molecule has 2 rings (SSSR count). The number of carbonyl (C=O) groups is 4. The summed E-state index contributed by atoms with van der Waals surface area (Å²) in [6.45, 7) is 8.31. The van der Waals surface area contributed by atoms with Gasteiger partial charge >= 0.3 is 11.9 Å². The number of ether oxygens (including phenoxy) is 2. The van der Waals surface area contributed by atoms with Gasteiger partial charge in [0.1, 0.15) is 0 Å². The highest BCUT2D eigenvalue weighted by Gasteiger charge is 2.54. The van der Waals surface area contributed by atoms with Crippen molar-refractivity contribution >= 4 is 57.8 Å². The molecule has 2 heterocycles. The summed E-state index contributed by atoms with van der Waals surface area (Å²) in [6.07, 6.45) is -0.983. The average Bonchev–Trinajstić information content (AvgIpc) is 3.17. The number of rotatable bonds is 9. The molecule has 1 amide bonds. The van der Waals surface area contributed by atoms with E-state index in [9.17, 15) is 29.4 Å². The van der Waals surface area contributed by atoms with Gasteiger partial charge in [-0.2, -0.15) is 0 Å². The lowest BCUT2D eigenvalue weighted by Crippen LogP contribution is -2.63. The normalized spacial score (nSPS) is 20.0. The molecule has 0 unspecified atom stereocenters. The molecule has 0 bridgehead atoms. The molecule has 1 aliphatic heterocycles. The highest BCUT2D eigenvalue weighted by atomic mass is 32.2. The van der Waals surface area contributed by atoms with Crippen LogP contribution < -0.4 is 4.74 Å². The van der Waals surface area contributed by atoms with Gasteiger partial charge < -0.3 is 19.7 Å². The van der Waals surface area contributed by atoms with Crippen molar-refractivity contribution in [3.63, 3.8) is 0 Å². The van der Waals surface area contributed by atoms with Crippen LogP contribution in [0.2, 0.25) is 0 Å². The van der Waals surface area contributed by atoms with Gasteiger partial charge in [0, 0.05) is 5.41 Å². The summed E-state index contributed by atoms with van der Waals surface area (Å²) in [7, 11) is 1.20. The predicted molar refractivity (Wildman–Crippen MR) is 127 cm³/mol. The molecular weight excluding hydrogens is 490 g/mol. The fourth-order valence-electron chi connectivity index (χ4n) is 2.88. The first-order chi connectivity index (χ1) is 15.3. The first kappa shape index (κ1) is 27.2. The van der Waals surface area contributed by atoms with Gasteiger partial charge in [-0.05, 0) is 35.9 Å². The molecular formula is C21H27NO8S3. The average molecular weight is 518 g/mol. The van der Waals surface area contributed by atoms with E-state index >= 15 is 0 Å². The summed E-state index contributed by atoms with van der Waals surface area (Å²) in [6, 6.07) is 1.45. The Kier molecular flexibility index (Phi) is 9.02. The number of carbonyl (C=O) groups excluding carboxylic acids is 3. The number of β-lactam (4-membered cyclic amide) rings is 1. The lowest BCUT2D eigenvalue weighted by Gasteiger charge is -2.47. The number of likely N-dealkylation sites (tertiary alicyclic amines) is 1. The Balaban J connectivity index is 2.63. The van der Waals surface area contributed by atoms with Crippen LogP contribution in [0.3, 0.4) is 0 Å². The molecule has 33 heavy (non-hydrogen) atoms. The number of methoxy groups -OCH3 is 1. The standard InChI is InChI=1S/C21H27NO8S3/c1-7-31-16-12(10(2)23)15(24)22(16)13(17(25)26)19(33-20(28)21(3,4)5)30-11-8-9-32-14(11)18(27)29-6/h8-10,12,16,23H,7H2,1-6H3,(H,25,26)/t10-,12+,16-/m1/s1. The fraction of sp³-hybridized carbons (Fsp3) is 0.524. The number of carboxylic acids is 1. The first-order valence-corrected chi connectivity index (χ1v) is 12.8. The van der Waals surface area contributed by atoms with Gasteiger partial charge in [0.15, 0.2) is 21.4 Å². The van der Waals surface area contributed by atoms with Crippen molar-refractivity contribution in [3.05, 3.63) is 27.1 Å². The van der Waals surface area contributed by atoms with Crippen molar-refractivity contribution < 1.29 is 38.9 Å². The molecule has 0 aromatic carbocycles. The Morgan fingerprint density at radius 1 is 1.30 bits per heavy atom. The van der Waals surface area contributed by atoms with Crippen LogP contribution in [0.5, 0.6) is 5.75 Å². The van der Waals surface area contributed by atoms with E-state index in [2.05, 4.69) is 0 Å². The Labute approximate surface area is 204 Å². The Hall–Kier alpha value is -2.02. The van der Waals surface area contributed by atoms with Crippen LogP contribution in [-0.2, 0) is 19.1 Å². The summed E-state index contributed by atoms with van der Waals surface area (Å²) < 4.78 is 10.5. The number of thioether (sulfide) groups is 2. The Morgan fingerprint density at radius 2 is 1.94 bits per heavy atom. The molecule has 182 valence electrons. The van der Waals surface area contributed by atoms with Crippen molar-refractivity contribution in [3.8, 4) is 5.75 Å². The molecule has 1 fully saturated rings. The zero-order valence-electron chi connectivity index (χ0n) is 19.1. The molecule has 2 N–H and O–H groups in total. The maximum atomic E-state index is 12.9. The molecule has 3 atom stereocenters. The van der Waals surface area contributed by atoms with E-state index in [1.54, 1.807) is 26.2 Å². The van der Waals surface area contributed by atoms with Crippen molar-refractivity contribution in [2.75, 3.05) is 12.9 Å². The molecule has 9 nitrogen and oxygen atoms in total. The van der Waals surface area contributed by atoms with Crippen LogP contribution in [0.25, 0.3) is 0 Å². The smallest absolute Gasteiger partial charge is 0.357 e. The monoisotopic (exact) mass is 517 g/mol. The second-order valence-corrected chi connectivity index (χ2v) is 11.4. The Morgan fingerprint density at radius 3 is 2.42 bits per heavy atom. The summed E-state index contributed by atoms with van der Waals surface area (Å²) >= 11 is 2.88. The van der Waals surface area contributed by atoms with Crippen molar-refractivity contribution in [2.45, 2.75) is 46.1 Å². The molecule has 1 aromatic rings. The lowest BCUT2D eigenvalue weighted by molar-refractivity contribution is -0.157. The van der Waals surface area contributed by atoms with Crippen LogP contribution in [0.15, 0.2) is 22.2 Å². The van der Waals surface area contributed by atoms with E-state index in [1.165, 1.54) is 31.9 Å². The number of hydrogen-bond acceptors (Lipinski definition) is 10. The Bertz CT molecular complexity index is 963. The van der Waals surface area contributed by atoms with Gasteiger partial charge in [-0.3, -0.25) is 14.5 Å².